The molecule has 1 amide bonds. The van der Waals surface area contributed by atoms with Crippen molar-refractivity contribution in [1.29, 1.82) is 0 Å². The smallest absolute Gasteiger partial charge is 0.416 e. The number of piperidine rings is 1. The Morgan fingerprint density at radius 3 is 2.29 bits per heavy atom. The first kappa shape index (κ1) is 46.3. The Morgan fingerprint density at radius 2 is 1.54 bits per heavy atom. The molecule has 1 aliphatic heterocycles. The van der Waals surface area contributed by atoms with E-state index in [1.54, 1.807) is 30.3 Å². The summed E-state index contributed by atoms with van der Waals surface area (Å²) in [6, 6.07) is 32.5. The van der Waals surface area contributed by atoms with Gasteiger partial charge in [0.15, 0.2) is 0 Å². The van der Waals surface area contributed by atoms with Crippen LogP contribution in [0.2, 0.25) is 0 Å². The summed E-state index contributed by atoms with van der Waals surface area (Å²) in [4.78, 5) is 40.1. The lowest BCUT2D eigenvalue weighted by atomic mass is 9.80. The van der Waals surface area contributed by atoms with Gasteiger partial charge in [0, 0.05) is 47.8 Å². The summed E-state index contributed by atoms with van der Waals surface area (Å²) in [7, 11) is 0. The molecule has 0 spiro atoms. The second kappa shape index (κ2) is 20.4. The molecule has 6 N–H and O–H groups in total. The molecule has 0 aliphatic carbocycles. The van der Waals surface area contributed by atoms with Crippen molar-refractivity contribution in [3.63, 3.8) is 0 Å². The molecule has 15 heteroatoms. The summed E-state index contributed by atoms with van der Waals surface area (Å²) in [5.41, 5.74) is -1.30. The standard InChI is InChI=1S/C50H51F3N4O8/c51-50(52,53)43-29-37(14-15-38(43)31-54-24-20-35-16-18-44(58)46-41(35)17-19-45(59)57(46)64)47(60)55-23-7-27-65-40-12-6-11-39(30-40)49(63,48(61)62)42-13-5-4-10-36(42)28-33-21-25-56(26-22-33)32-34-8-2-1-3-9-34/h1-6,8-19,29-30,33,54,58,63-64H,7,20-28,31-32H2,(H,55,60)(H,61,62). The lowest BCUT2D eigenvalue weighted by molar-refractivity contribution is -0.155. The van der Waals surface area contributed by atoms with Crippen LogP contribution in [0.15, 0.2) is 126 Å². The number of carboxylic acids is 1. The quantitative estimate of drug-likeness (QED) is 0.0381. The lowest BCUT2D eigenvalue weighted by Crippen LogP contribution is -2.38. The zero-order valence-corrected chi connectivity index (χ0v) is 35.6. The van der Waals surface area contributed by atoms with Crippen LogP contribution in [0.4, 0.5) is 13.2 Å². The molecule has 340 valence electrons. The number of nitrogens with zero attached hydrogens (tertiary/aromatic N) is 2. The SMILES string of the molecule is O=C(NCCCOc1cccc(C(O)(C(=O)O)c2ccccc2CC2CCN(Cc3ccccc3)CC2)c1)c1ccc(CNCCc2ccc(O)c3c2ccc(=O)n3O)c(C(F)(F)F)c1. The number of nitrogens with one attached hydrogen (secondary N) is 2. The van der Waals surface area contributed by atoms with Gasteiger partial charge in [0.2, 0.25) is 5.60 Å². The number of amides is 1. The molecule has 1 unspecified atom stereocenters. The number of aromatic hydroxyl groups is 1. The highest BCUT2D eigenvalue weighted by molar-refractivity contribution is 5.94. The molecular formula is C50H51F3N4O8. The third-order valence-corrected chi connectivity index (χ3v) is 12.0. The molecule has 6 aromatic rings. The molecule has 1 aromatic heterocycles. The van der Waals surface area contributed by atoms with E-state index in [1.165, 1.54) is 42.0 Å². The number of phenolic OH excluding ortho intramolecular Hbond substituents is 1. The van der Waals surface area contributed by atoms with Crippen molar-refractivity contribution in [3.05, 3.63) is 176 Å². The van der Waals surface area contributed by atoms with Crippen molar-refractivity contribution >= 4 is 22.8 Å². The summed E-state index contributed by atoms with van der Waals surface area (Å²) in [6.45, 7) is 2.92. The van der Waals surface area contributed by atoms with E-state index in [1.807, 2.05) is 30.3 Å². The van der Waals surface area contributed by atoms with Gasteiger partial charge in [-0.25, -0.2) is 4.79 Å². The molecule has 0 saturated carbocycles. The van der Waals surface area contributed by atoms with Gasteiger partial charge in [-0.15, -0.1) is 4.73 Å². The number of rotatable bonds is 18. The van der Waals surface area contributed by atoms with E-state index in [9.17, 15) is 48.1 Å². The number of carbonyl (C=O) groups is 2. The number of likely N-dealkylation sites (tertiary alicyclic amines) is 1. The lowest BCUT2D eigenvalue weighted by Gasteiger charge is -2.33. The monoisotopic (exact) mass is 892 g/mol. The van der Waals surface area contributed by atoms with E-state index in [2.05, 4.69) is 27.7 Å². The highest BCUT2D eigenvalue weighted by atomic mass is 19.4. The van der Waals surface area contributed by atoms with E-state index < -0.39 is 34.8 Å². The first-order valence-electron chi connectivity index (χ1n) is 21.5. The molecule has 1 saturated heterocycles. The van der Waals surface area contributed by atoms with Crippen LogP contribution < -0.4 is 20.9 Å². The number of ether oxygens (including phenoxy) is 1. The van der Waals surface area contributed by atoms with Crippen LogP contribution in [-0.2, 0) is 42.5 Å². The van der Waals surface area contributed by atoms with E-state index >= 15 is 0 Å². The van der Waals surface area contributed by atoms with Gasteiger partial charge in [0.25, 0.3) is 11.5 Å². The number of halogens is 3. The Balaban J connectivity index is 0.912. The molecule has 0 bridgehead atoms. The summed E-state index contributed by atoms with van der Waals surface area (Å²) in [5, 5.41) is 48.7. The second-order valence-corrected chi connectivity index (χ2v) is 16.4. The Morgan fingerprint density at radius 1 is 0.800 bits per heavy atom. The van der Waals surface area contributed by atoms with E-state index in [-0.39, 0.29) is 60.6 Å². The average Bonchev–Trinajstić information content (AvgIpc) is 3.30. The molecular weight excluding hydrogens is 842 g/mol. The number of aliphatic carboxylic acids is 1. The average molecular weight is 893 g/mol. The molecule has 65 heavy (non-hydrogen) atoms. The third-order valence-electron chi connectivity index (χ3n) is 12.0. The minimum Gasteiger partial charge on any atom is -0.506 e. The van der Waals surface area contributed by atoms with Crippen molar-refractivity contribution < 1.29 is 48.0 Å². The molecule has 1 atom stereocenters. The number of carbonyl (C=O) groups excluding carboxylic acids is 1. The zero-order valence-electron chi connectivity index (χ0n) is 35.6. The molecule has 5 aromatic carbocycles. The maximum Gasteiger partial charge on any atom is 0.416 e. The van der Waals surface area contributed by atoms with Gasteiger partial charge in [-0.3, -0.25) is 14.5 Å². The maximum atomic E-state index is 14.2. The van der Waals surface area contributed by atoms with Crippen molar-refractivity contribution in [2.45, 2.75) is 57.0 Å². The molecule has 1 fully saturated rings. The number of benzene rings is 5. The Kier molecular flexibility index (Phi) is 14.6. The van der Waals surface area contributed by atoms with Gasteiger partial charge in [0.1, 0.15) is 17.0 Å². The summed E-state index contributed by atoms with van der Waals surface area (Å²) in [5.74, 6) is -1.82. The van der Waals surface area contributed by atoms with Gasteiger partial charge >= 0.3 is 12.1 Å². The third kappa shape index (κ3) is 11.0. The molecule has 1 aliphatic rings. The number of aromatic nitrogens is 1. The highest BCUT2D eigenvalue weighted by Crippen LogP contribution is 2.37. The number of alkyl halides is 3. The summed E-state index contributed by atoms with van der Waals surface area (Å²) in [6.07, 6.45) is -1.66. The van der Waals surface area contributed by atoms with Crippen LogP contribution in [0.25, 0.3) is 10.9 Å². The first-order chi connectivity index (χ1) is 31.2. The highest BCUT2D eigenvalue weighted by Gasteiger charge is 2.42. The van der Waals surface area contributed by atoms with Crippen molar-refractivity contribution in [3.8, 4) is 11.5 Å². The van der Waals surface area contributed by atoms with E-state index in [0.29, 0.717) is 45.8 Å². The largest absolute Gasteiger partial charge is 0.506 e. The number of pyridine rings is 1. The molecule has 2 heterocycles. The minimum atomic E-state index is -4.75. The van der Waals surface area contributed by atoms with Gasteiger partial charge in [0.05, 0.1) is 12.2 Å². The fourth-order valence-corrected chi connectivity index (χ4v) is 8.51. The van der Waals surface area contributed by atoms with Crippen molar-refractivity contribution in [2.75, 3.05) is 32.8 Å². The number of hydrogen-bond donors (Lipinski definition) is 6. The van der Waals surface area contributed by atoms with Gasteiger partial charge < -0.3 is 35.9 Å². The number of phenols is 1. The minimum absolute atomic E-state index is 0.0677. The molecule has 12 nitrogen and oxygen atoms in total. The number of hydrogen-bond acceptors (Lipinski definition) is 9. The van der Waals surface area contributed by atoms with Crippen LogP contribution >= 0.6 is 0 Å². The van der Waals surface area contributed by atoms with Crippen LogP contribution in [0.5, 0.6) is 11.5 Å². The molecule has 7 rings (SSSR count). The second-order valence-electron chi connectivity index (χ2n) is 16.4. The Labute approximate surface area is 373 Å². The predicted molar refractivity (Wildman–Crippen MR) is 238 cm³/mol. The summed E-state index contributed by atoms with van der Waals surface area (Å²) < 4.78 is 48.8. The van der Waals surface area contributed by atoms with Crippen LogP contribution in [0.3, 0.4) is 0 Å². The number of aliphatic hydroxyl groups is 1. The van der Waals surface area contributed by atoms with Gasteiger partial charge in [-0.05, 0) is 116 Å². The fraction of sp³-hybridized carbons (Fsp3) is 0.300. The van der Waals surface area contributed by atoms with E-state index in [0.717, 1.165) is 50.2 Å². The van der Waals surface area contributed by atoms with Crippen molar-refractivity contribution in [1.82, 2.24) is 20.3 Å². The normalized spacial score (nSPS) is 14.5. The van der Waals surface area contributed by atoms with Crippen molar-refractivity contribution in [2.24, 2.45) is 5.92 Å². The summed E-state index contributed by atoms with van der Waals surface area (Å²) >= 11 is 0. The van der Waals surface area contributed by atoms with Gasteiger partial charge in [-0.2, -0.15) is 13.2 Å². The molecule has 0 radical (unpaired) electrons. The van der Waals surface area contributed by atoms with Gasteiger partial charge in [-0.1, -0.05) is 78.9 Å². The fourth-order valence-electron chi connectivity index (χ4n) is 8.51. The zero-order chi connectivity index (χ0) is 46.1. The first-order valence-corrected chi connectivity index (χ1v) is 21.5. The Hall–Kier alpha value is -6.68. The van der Waals surface area contributed by atoms with E-state index in [4.69, 9.17) is 4.74 Å². The van der Waals surface area contributed by atoms with Crippen LogP contribution in [0.1, 0.15) is 68.6 Å². The maximum absolute atomic E-state index is 14.2. The predicted octanol–water partition coefficient (Wildman–Crippen LogP) is 7.27. The van der Waals surface area contributed by atoms with Crippen LogP contribution in [0, 0.1) is 5.92 Å². The number of carboxylic acid groups (broad SMARTS) is 1. The van der Waals surface area contributed by atoms with Crippen LogP contribution in [-0.4, -0.2) is 74.8 Å². The Bertz CT molecular complexity index is 2680. The topological polar surface area (TPSA) is 174 Å². The number of fused-ring (bicyclic) bond motifs is 1.